The van der Waals surface area contributed by atoms with Crippen LogP contribution in [0.2, 0.25) is 5.02 Å². The fraction of sp³-hybridized carbons (Fsp3) is 0.160. The molecular weight excluding hydrogens is 762 g/mol. The molecule has 200 valence electrons. The number of rotatable bonds is 10. The number of esters is 1. The molecule has 0 aliphatic heterocycles. The van der Waals surface area contributed by atoms with E-state index in [1.807, 2.05) is 0 Å². The third kappa shape index (κ3) is 7.74. The lowest BCUT2D eigenvalue weighted by Crippen LogP contribution is -2.24. The van der Waals surface area contributed by atoms with Gasteiger partial charge in [0, 0.05) is 15.1 Å². The molecule has 0 aromatic heterocycles. The molecule has 0 bridgehead atoms. The molecule has 0 spiro atoms. The maximum absolute atomic E-state index is 13.0. The van der Waals surface area contributed by atoms with Gasteiger partial charge in [-0.1, -0.05) is 27.5 Å². The van der Waals surface area contributed by atoms with Gasteiger partial charge in [0.15, 0.2) is 23.9 Å². The number of ether oxygens (including phenoxy) is 5. The number of halogens is 4. The maximum Gasteiger partial charge on any atom is 0.343 e. The van der Waals surface area contributed by atoms with Gasteiger partial charge in [0.1, 0.15) is 5.75 Å². The van der Waals surface area contributed by atoms with E-state index in [0.29, 0.717) is 42.5 Å². The van der Waals surface area contributed by atoms with Crippen LogP contribution in [0, 0.1) is 3.57 Å². The van der Waals surface area contributed by atoms with Crippen LogP contribution in [0.15, 0.2) is 56.5 Å². The second-order valence-electron chi connectivity index (χ2n) is 7.27. The minimum atomic E-state index is -0.683. The average Bonchev–Trinajstić information content (AvgIpc) is 2.88. The van der Waals surface area contributed by atoms with E-state index < -0.39 is 11.9 Å². The quantitative estimate of drug-likeness (QED) is 0.0854. The summed E-state index contributed by atoms with van der Waals surface area (Å²) < 4.78 is 29.0. The van der Waals surface area contributed by atoms with Gasteiger partial charge in [-0.25, -0.2) is 10.2 Å². The van der Waals surface area contributed by atoms with Crippen LogP contribution in [0.25, 0.3) is 0 Å². The topological polar surface area (TPSA) is 105 Å². The Kier molecular flexibility index (Phi) is 11.1. The number of carbonyl (C=O) groups is 2. The summed E-state index contributed by atoms with van der Waals surface area (Å²) in [5, 5.41) is 4.54. The molecule has 3 aromatic rings. The van der Waals surface area contributed by atoms with Gasteiger partial charge in [-0.15, -0.1) is 0 Å². The van der Waals surface area contributed by atoms with Crippen molar-refractivity contribution in [2.75, 3.05) is 27.9 Å². The standard InChI is InChI=1S/C25H20Br2ClIN2O7/c1-34-20-7-13(8-21(35-2)24(20)36-3)25(33)38-23-14(6-15(26)9-17(23)27)11-30-31-22(32)12-37-19-5-4-16(28)10-18(19)29/h4-11H,12H2,1-3H3,(H,31,32). The number of nitrogens with one attached hydrogen (secondary N) is 1. The van der Waals surface area contributed by atoms with Crippen LogP contribution in [0.3, 0.4) is 0 Å². The Morgan fingerprint density at radius 1 is 0.974 bits per heavy atom. The normalized spacial score (nSPS) is 10.7. The number of hydrogen-bond acceptors (Lipinski definition) is 8. The highest BCUT2D eigenvalue weighted by molar-refractivity contribution is 14.1. The van der Waals surface area contributed by atoms with Crippen LogP contribution in [0.4, 0.5) is 0 Å². The molecule has 3 rings (SSSR count). The zero-order chi connectivity index (χ0) is 27.8. The number of benzene rings is 3. The van der Waals surface area contributed by atoms with Crippen LogP contribution in [0.1, 0.15) is 15.9 Å². The number of hydrogen-bond donors (Lipinski definition) is 1. The van der Waals surface area contributed by atoms with Crippen molar-refractivity contribution >= 4 is 84.1 Å². The Morgan fingerprint density at radius 3 is 2.26 bits per heavy atom. The second kappa shape index (κ2) is 14.0. The van der Waals surface area contributed by atoms with Crippen molar-refractivity contribution in [2.45, 2.75) is 0 Å². The Hall–Kier alpha value is -2.55. The van der Waals surface area contributed by atoms with E-state index in [1.54, 1.807) is 30.3 Å². The summed E-state index contributed by atoms with van der Waals surface area (Å²) in [5.41, 5.74) is 2.95. The van der Waals surface area contributed by atoms with Crippen molar-refractivity contribution < 1.29 is 33.3 Å². The molecule has 0 heterocycles. The van der Waals surface area contributed by atoms with E-state index in [0.717, 1.165) is 3.57 Å². The molecule has 0 radical (unpaired) electrons. The van der Waals surface area contributed by atoms with E-state index in [-0.39, 0.29) is 17.9 Å². The van der Waals surface area contributed by atoms with Crippen molar-refractivity contribution in [2.24, 2.45) is 5.10 Å². The highest BCUT2D eigenvalue weighted by atomic mass is 127. The number of methoxy groups -OCH3 is 3. The van der Waals surface area contributed by atoms with Gasteiger partial charge in [0.05, 0.1) is 41.2 Å². The van der Waals surface area contributed by atoms with E-state index in [9.17, 15) is 9.59 Å². The van der Waals surface area contributed by atoms with Gasteiger partial charge in [-0.05, 0) is 81.0 Å². The summed E-state index contributed by atoms with van der Waals surface area (Å²) in [4.78, 5) is 25.3. The number of carbonyl (C=O) groups excluding carboxylic acids is 2. The Bertz CT molecular complexity index is 1360. The fourth-order valence-electron chi connectivity index (χ4n) is 3.08. The van der Waals surface area contributed by atoms with Crippen LogP contribution in [0.5, 0.6) is 28.7 Å². The lowest BCUT2D eigenvalue weighted by atomic mass is 10.1. The first-order valence-corrected chi connectivity index (χ1v) is 13.6. The first-order valence-electron chi connectivity index (χ1n) is 10.6. The van der Waals surface area contributed by atoms with E-state index in [1.165, 1.54) is 39.7 Å². The third-order valence-corrected chi connectivity index (χ3v) is 6.90. The summed E-state index contributed by atoms with van der Waals surface area (Å²) in [6.45, 7) is -0.264. The largest absolute Gasteiger partial charge is 0.493 e. The number of nitrogens with zero attached hydrogens (tertiary/aromatic N) is 1. The van der Waals surface area contributed by atoms with Crippen LogP contribution >= 0.6 is 66.1 Å². The smallest absolute Gasteiger partial charge is 0.343 e. The fourth-order valence-corrected chi connectivity index (χ4v) is 5.44. The average molecular weight is 783 g/mol. The van der Waals surface area contributed by atoms with Crippen LogP contribution in [-0.4, -0.2) is 46.0 Å². The van der Waals surface area contributed by atoms with Crippen LogP contribution in [-0.2, 0) is 4.79 Å². The molecule has 0 saturated carbocycles. The molecule has 1 N–H and O–H groups in total. The first kappa shape index (κ1) is 30.0. The molecule has 0 aliphatic carbocycles. The molecule has 38 heavy (non-hydrogen) atoms. The molecule has 1 amide bonds. The van der Waals surface area contributed by atoms with Crippen molar-refractivity contribution in [1.82, 2.24) is 5.43 Å². The monoisotopic (exact) mass is 780 g/mol. The zero-order valence-corrected chi connectivity index (χ0v) is 26.2. The molecule has 0 aliphatic rings. The summed E-state index contributed by atoms with van der Waals surface area (Å²) in [6, 6.07) is 11.4. The van der Waals surface area contributed by atoms with Crippen molar-refractivity contribution in [3.05, 3.63) is 71.1 Å². The van der Waals surface area contributed by atoms with Crippen molar-refractivity contribution in [3.8, 4) is 28.7 Å². The maximum atomic E-state index is 13.0. The number of hydrazone groups is 1. The summed E-state index contributed by atoms with van der Waals surface area (Å²) in [7, 11) is 4.36. The van der Waals surface area contributed by atoms with Crippen molar-refractivity contribution in [1.29, 1.82) is 0 Å². The molecular formula is C25H20Br2ClIN2O7. The van der Waals surface area contributed by atoms with E-state index in [4.69, 9.17) is 35.3 Å². The number of amides is 1. The molecule has 9 nitrogen and oxygen atoms in total. The molecule has 0 atom stereocenters. The van der Waals surface area contributed by atoms with Gasteiger partial charge in [-0.3, -0.25) is 4.79 Å². The first-order chi connectivity index (χ1) is 18.2. The summed E-state index contributed by atoms with van der Waals surface area (Å²) in [5.74, 6) is 0.467. The predicted molar refractivity (Wildman–Crippen MR) is 158 cm³/mol. The Balaban J connectivity index is 1.76. The van der Waals surface area contributed by atoms with Gasteiger partial charge in [-0.2, -0.15) is 5.10 Å². The lowest BCUT2D eigenvalue weighted by Gasteiger charge is -2.15. The second-order valence-corrected chi connectivity index (χ2v) is 10.6. The van der Waals surface area contributed by atoms with Gasteiger partial charge in [0.2, 0.25) is 5.75 Å². The molecule has 0 fully saturated rings. The summed E-state index contributed by atoms with van der Waals surface area (Å²) >= 11 is 14.8. The Labute approximate surface area is 254 Å². The van der Waals surface area contributed by atoms with Crippen molar-refractivity contribution in [3.63, 3.8) is 0 Å². The lowest BCUT2D eigenvalue weighted by molar-refractivity contribution is -0.123. The van der Waals surface area contributed by atoms with Gasteiger partial charge < -0.3 is 23.7 Å². The van der Waals surface area contributed by atoms with Gasteiger partial charge in [0.25, 0.3) is 5.91 Å². The van der Waals surface area contributed by atoms with E-state index >= 15 is 0 Å². The zero-order valence-electron chi connectivity index (χ0n) is 20.1. The summed E-state index contributed by atoms with van der Waals surface area (Å²) in [6.07, 6.45) is 1.34. The Morgan fingerprint density at radius 2 is 1.66 bits per heavy atom. The van der Waals surface area contributed by atoms with Gasteiger partial charge >= 0.3 is 5.97 Å². The highest BCUT2D eigenvalue weighted by Crippen LogP contribution is 2.39. The minimum absolute atomic E-state index is 0.166. The molecule has 0 saturated heterocycles. The highest BCUT2D eigenvalue weighted by Gasteiger charge is 2.20. The molecule has 0 unspecified atom stereocenters. The molecule has 13 heteroatoms. The predicted octanol–water partition coefficient (Wildman–Crippen LogP) is 6.24. The SMILES string of the molecule is COc1cc(C(=O)Oc2c(Br)cc(Br)cc2C=NNC(=O)COc2ccc(Cl)cc2I)cc(OC)c1OC. The molecule has 3 aromatic carbocycles. The van der Waals surface area contributed by atoms with E-state index in [2.05, 4.69) is 65.0 Å². The third-order valence-electron chi connectivity index (χ3n) is 4.78. The minimum Gasteiger partial charge on any atom is -0.493 e. The van der Waals surface area contributed by atoms with Crippen LogP contribution < -0.4 is 29.1 Å².